The Balaban J connectivity index is 2.35. The lowest BCUT2D eigenvalue weighted by Gasteiger charge is -1.96. The highest BCUT2D eigenvalue weighted by molar-refractivity contribution is 6.30. The number of carboxylic acid groups (broad SMARTS) is 1. The summed E-state index contributed by atoms with van der Waals surface area (Å²) in [5.41, 5.74) is 1.30. The zero-order chi connectivity index (χ0) is 13.0. The van der Waals surface area contributed by atoms with Crippen LogP contribution >= 0.6 is 11.6 Å². The molecule has 0 aliphatic rings. The molecule has 1 heterocycles. The van der Waals surface area contributed by atoms with Crippen molar-refractivity contribution in [2.75, 3.05) is 0 Å². The normalized spacial score (nSPS) is 9.39. The van der Waals surface area contributed by atoms with Crippen LogP contribution in [0.2, 0.25) is 5.02 Å². The van der Waals surface area contributed by atoms with Gasteiger partial charge in [0.1, 0.15) is 0 Å². The minimum Gasteiger partial charge on any atom is -0.478 e. The van der Waals surface area contributed by atoms with Gasteiger partial charge in [-0.3, -0.25) is 4.98 Å². The number of hydrogen-bond acceptors (Lipinski definition) is 2. The van der Waals surface area contributed by atoms with E-state index in [9.17, 15) is 4.79 Å². The minimum atomic E-state index is -1.02. The highest BCUT2D eigenvalue weighted by Gasteiger charge is 2.06. The van der Waals surface area contributed by atoms with Crippen LogP contribution in [0.5, 0.6) is 0 Å². The van der Waals surface area contributed by atoms with E-state index in [4.69, 9.17) is 16.7 Å². The van der Waals surface area contributed by atoms with Gasteiger partial charge in [0.25, 0.3) is 0 Å². The average molecular weight is 258 g/mol. The number of pyridine rings is 1. The van der Waals surface area contributed by atoms with Crippen molar-refractivity contribution in [3.05, 3.63) is 64.4 Å². The van der Waals surface area contributed by atoms with E-state index in [-0.39, 0.29) is 5.56 Å². The molecule has 0 fully saturated rings. The van der Waals surface area contributed by atoms with Crippen molar-refractivity contribution in [1.29, 1.82) is 0 Å². The fourth-order valence-electron chi connectivity index (χ4n) is 1.35. The van der Waals surface area contributed by atoms with Crippen LogP contribution in [0.3, 0.4) is 0 Å². The van der Waals surface area contributed by atoms with Crippen molar-refractivity contribution in [2.45, 2.75) is 0 Å². The molecular weight excluding hydrogens is 250 g/mol. The molecule has 1 aromatic carbocycles. The van der Waals surface area contributed by atoms with Gasteiger partial charge in [0.2, 0.25) is 0 Å². The van der Waals surface area contributed by atoms with Gasteiger partial charge >= 0.3 is 5.97 Å². The number of aromatic carboxylic acids is 1. The second-order valence-electron chi connectivity index (χ2n) is 3.48. The molecule has 0 atom stereocenters. The number of nitrogens with zero attached hydrogens (tertiary/aromatic N) is 1. The zero-order valence-electron chi connectivity index (χ0n) is 9.22. The van der Waals surface area contributed by atoms with Gasteiger partial charge in [-0.1, -0.05) is 23.4 Å². The highest BCUT2D eigenvalue weighted by atomic mass is 35.5. The molecule has 88 valence electrons. The molecule has 0 saturated heterocycles. The lowest BCUT2D eigenvalue weighted by atomic mass is 10.1. The van der Waals surface area contributed by atoms with Crippen LogP contribution < -0.4 is 0 Å². The first-order valence-electron chi connectivity index (χ1n) is 5.12. The Morgan fingerprint density at radius 1 is 1.17 bits per heavy atom. The summed E-state index contributed by atoms with van der Waals surface area (Å²) in [6.07, 6.45) is 2.86. The van der Waals surface area contributed by atoms with E-state index in [0.29, 0.717) is 10.6 Å². The maximum absolute atomic E-state index is 11.0. The Morgan fingerprint density at radius 3 is 2.56 bits per heavy atom. The maximum atomic E-state index is 11.0. The van der Waals surface area contributed by atoms with Gasteiger partial charge in [0, 0.05) is 23.0 Å². The van der Waals surface area contributed by atoms with Crippen molar-refractivity contribution in [1.82, 2.24) is 4.98 Å². The third-order valence-electron chi connectivity index (χ3n) is 2.24. The highest BCUT2D eigenvalue weighted by Crippen LogP contribution is 2.09. The summed E-state index contributed by atoms with van der Waals surface area (Å²) in [6.45, 7) is 0. The molecule has 0 unspecified atom stereocenters. The summed E-state index contributed by atoms with van der Waals surface area (Å²) >= 11 is 5.76. The third-order valence-corrected chi connectivity index (χ3v) is 2.49. The molecule has 1 aromatic heterocycles. The molecule has 0 aliphatic carbocycles. The molecule has 2 aromatic rings. The molecule has 3 nitrogen and oxygen atoms in total. The monoisotopic (exact) mass is 257 g/mol. The molecule has 0 bridgehead atoms. The smallest absolute Gasteiger partial charge is 0.337 e. The number of hydrogen-bond donors (Lipinski definition) is 1. The first-order chi connectivity index (χ1) is 8.66. The molecule has 0 spiro atoms. The Morgan fingerprint density at radius 2 is 1.89 bits per heavy atom. The van der Waals surface area contributed by atoms with Gasteiger partial charge in [-0.2, -0.15) is 0 Å². The number of carbonyl (C=O) groups is 1. The number of halogens is 1. The number of aromatic nitrogens is 1. The Kier molecular flexibility index (Phi) is 3.61. The van der Waals surface area contributed by atoms with Crippen molar-refractivity contribution >= 4 is 17.6 Å². The van der Waals surface area contributed by atoms with Gasteiger partial charge in [-0.25, -0.2) is 4.79 Å². The molecule has 0 amide bonds. The summed E-state index contributed by atoms with van der Waals surface area (Å²) < 4.78 is 0. The van der Waals surface area contributed by atoms with Crippen molar-refractivity contribution in [3.63, 3.8) is 0 Å². The summed E-state index contributed by atoms with van der Waals surface area (Å²) in [4.78, 5) is 14.8. The van der Waals surface area contributed by atoms with Crippen molar-refractivity contribution in [2.24, 2.45) is 0 Å². The molecule has 0 saturated carbocycles. The summed E-state index contributed by atoms with van der Waals surface area (Å²) in [7, 11) is 0. The van der Waals surface area contributed by atoms with Crippen LogP contribution in [0.15, 0.2) is 42.7 Å². The predicted octanol–water partition coefficient (Wildman–Crippen LogP) is 2.83. The van der Waals surface area contributed by atoms with Gasteiger partial charge in [0.15, 0.2) is 0 Å². The molecule has 18 heavy (non-hydrogen) atoms. The predicted molar refractivity (Wildman–Crippen MR) is 68.6 cm³/mol. The van der Waals surface area contributed by atoms with Crippen molar-refractivity contribution < 1.29 is 9.90 Å². The largest absolute Gasteiger partial charge is 0.478 e. The fourth-order valence-corrected chi connectivity index (χ4v) is 1.48. The van der Waals surface area contributed by atoms with Crippen LogP contribution in [0.25, 0.3) is 0 Å². The van der Waals surface area contributed by atoms with Gasteiger partial charge in [0.05, 0.1) is 11.1 Å². The summed E-state index contributed by atoms with van der Waals surface area (Å²) in [5, 5.41) is 9.62. The van der Waals surface area contributed by atoms with E-state index < -0.39 is 5.97 Å². The molecule has 2 rings (SSSR count). The molecule has 4 heteroatoms. The number of benzene rings is 1. The lowest BCUT2D eigenvalue weighted by molar-refractivity contribution is 0.0696. The molecule has 1 N–H and O–H groups in total. The second kappa shape index (κ2) is 5.35. The van der Waals surface area contributed by atoms with Gasteiger partial charge < -0.3 is 5.11 Å². The first-order valence-corrected chi connectivity index (χ1v) is 5.49. The quantitative estimate of drug-likeness (QED) is 0.799. The number of rotatable bonds is 1. The Hall–Kier alpha value is -2.31. The SMILES string of the molecule is O=C(O)c1ccncc1C#Cc1ccc(Cl)cc1. The summed E-state index contributed by atoms with van der Waals surface area (Å²) in [5.74, 6) is 4.65. The second-order valence-corrected chi connectivity index (χ2v) is 3.92. The van der Waals surface area contributed by atoms with E-state index in [1.54, 1.807) is 24.3 Å². The molecule has 0 aliphatic heterocycles. The van der Waals surface area contributed by atoms with Crippen LogP contribution in [-0.4, -0.2) is 16.1 Å². The van der Waals surface area contributed by atoms with E-state index in [1.165, 1.54) is 18.5 Å². The average Bonchev–Trinajstić information content (AvgIpc) is 2.38. The van der Waals surface area contributed by atoms with Crippen LogP contribution in [0.1, 0.15) is 21.5 Å². The summed E-state index contributed by atoms with van der Waals surface area (Å²) in [6, 6.07) is 8.42. The standard InChI is InChI=1S/C14H8ClNO2/c15-12-5-2-10(3-6-12)1-4-11-9-16-8-7-13(11)14(17)18/h2-3,5-9H,(H,17,18). The van der Waals surface area contributed by atoms with E-state index in [2.05, 4.69) is 16.8 Å². The topological polar surface area (TPSA) is 50.2 Å². The Labute approximate surface area is 109 Å². The first kappa shape index (κ1) is 12.2. The lowest BCUT2D eigenvalue weighted by Crippen LogP contribution is -2.00. The van der Waals surface area contributed by atoms with Crippen LogP contribution in [0.4, 0.5) is 0 Å². The van der Waals surface area contributed by atoms with E-state index in [1.807, 2.05) is 0 Å². The zero-order valence-corrected chi connectivity index (χ0v) is 9.98. The van der Waals surface area contributed by atoms with Gasteiger partial charge in [-0.15, -0.1) is 0 Å². The fraction of sp³-hybridized carbons (Fsp3) is 0. The Bertz CT molecular complexity index is 639. The minimum absolute atomic E-state index is 0.145. The van der Waals surface area contributed by atoms with Crippen LogP contribution in [0, 0.1) is 11.8 Å². The van der Waals surface area contributed by atoms with Gasteiger partial charge in [-0.05, 0) is 30.3 Å². The molecular formula is C14H8ClNO2. The number of carboxylic acids is 1. The third kappa shape index (κ3) is 2.88. The van der Waals surface area contributed by atoms with E-state index >= 15 is 0 Å². The maximum Gasteiger partial charge on any atom is 0.337 e. The van der Waals surface area contributed by atoms with Crippen LogP contribution in [-0.2, 0) is 0 Å². The van der Waals surface area contributed by atoms with E-state index in [0.717, 1.165) is 5.56 Å². The van der Waals surface area contributed by atoms with Crippen molar-refractivity contribution in [3.8, 4) is 11.8 Å². The molecule has 0 radical (unpaired) electrons.